The molecule has 1 saturated heterocycles. The summed E-state index contributed by atoms with van der Waals surface area (Å²) in [5, 5.41) is 8.80. The Morgan fingerprint density at radius 1 is 1.20 bits per heavy atom. The first-order valence-corrected chi connectivity index (χ1v) is 6.88. The maximum atomic E-state index is 13.9. The van der Waals surface area contributed by atoms with E-state index in [2.05, 4.69) is 0 Å². The molecule has 1 amide bonds. The van der Waals surface area contributed by atoms with Gasteiger partial charge >= 0.3 is 5.97 Å². The minimum absolute atomic E-state index is 0.0324. The van der Waals surface area contributed by atoms with E-state index in [1.807, 2.05) is 0 Å². The molecule has 1 aromatic rings. The second-order valence-corrected chi connectivity index (χ2v) is 5.66. The van der Waals surface area contributed by atoms with Gasteiger partial charge in [0, 0.05) is 13.1 Å². The van der Waals surface area contributed by atoms with E-state index in [1.54, 1.807) is 4.90 Å². The average molecular weight is 277 g/mol. The first-order chi connectivity index (χ1) is 9.56. The molecule has 1 saturated carbocycles. The van der Waals surface area contributed by atoms with Crippen molar-refractivity contribution >= 4 is 11.9 Å². The van der Waals surface area contributed by atoms with Crippen LogP contribution in [-0.2, 0) is 0 Å². The number of halogens is 1. The van der Waals surface area contributed by atoms with Crippen LogP contribution in [0.5, 0.6) is 0 Å². The Morgan fingerprint density at radius 2 is 1.85 bits per heavy atom. The van der Waals surface area contributed by atoms with Crippen molar-refractivity contribution in [3.8, 4) is 0 Å². The molecule has 0 spiro atoms. The zero-order chi connectivity index (χ0) is 14.3. The van der Waals surface area contributed by atoms with Gasteiger partial charge < -0.3 is 10.0 Å². The van der Waals surface area contributed by atoms with Gasteiger partial charge in [-0.05, 0) is 42.9 Å². The molecule has 0 bridgehead atoms. The quantitative estimate of drug-likeness (QED) is 0.903. The molecule has 2 unspecified atom stereocenters. The summed E-state index contributed by atoms with van der Waals surface area (Å²) in [7, 11) is 0. The van der Waals surface area contributed by atoms with Crippen molar-refractivity contribution in [3.05, 3.63) is 35.1 Å². The highest BCUT2D eigenvalue weighted by Gasteiger charge is 2.38. The van der Waals surface area contributed by atoms with E-state index >= 15 is 0 Å². The second-order valence-electron chi connectivity index (χ2n) is 5.66. The van der Waals surface area contributed by atoms with E-state index in [0.29, 0.717) is 24.9 Å². The van der Waals surface area contributed by atoms with Gasteiger partial charge in [-0.2, -0.15) is 0 Å². The van der Waals surface area contributed by atoms with Crippen molar-refractivity contribution in [1.29, 1.82) is 0 Å². The zero-order valence-electron chi connectivity index (χ0n) is 11.0. The maximum absolute atomic E-state index is 13.9. The smallest absolute Gasteiger partial charge is 0.335 e. The molecular weight excluding hydrogens is 261 g/mol. The van der Waals surface area contributed by atoms with E-state index in [1.165, 1.54) is 18.6 Å². The Kier molecular flexibility index (Phi) is 3.20. The third-order valence-corrected chi connectivity index (χ3v) is 4.46. The summed E-state index contributed by atoms with van der Waals surface area (Å²) in [5.41, 5.74) is -0.174. The fourth-order valence-corrected chi connectivity index (χ4v) is 3.39. The highest BCUT2D eigenvalue weighted by molar-refractivity contribution is 5.96. The number of rotatable bonds is 2. The van der Waals surface area contributed by atoms with Crippen molar-refractivity contribution in [1.82, 2.24) is 4.90 Å². The second kappa shape index (κ2) is 4.89. The molecule has 5 heteroatoms. The average Bonchev–Trinajstić information content (AvgIpc) is 2.98. The SMILES string of the molecule is O=C(O)c1ccc(C(=O)N2CC3CCCC3C2)c(F)c1. The first kappa shape index (κ1) is 13.1. The number of hydrogen-bond donors (Lipinski definition) is 1. The van der Waals surface area contributed by atoms with E-state index < -0.39 is 11.8 Å². The topological polar surface area (TPSA) is 57.6 Å². The number of hydrogen-bond acceptors (Lipinski definition) is 2. The lowest BCUT2D eigenvalue weighted by molar-refractivity contribution is 0.0693. The molecule has 1 aliphatic heterocycles. The van der Waals surface area contributed by atoms with Crippen LogP contribution in [0.3, 0.4) is 0 Å². The van der Waals surface area contributed by atoms with Gasteiger partial charge in [0.25, 0.3) is 5.91 Å². The van der Waals surface area contributed by atoms with Gasteiger partial charge in [-0.3, -0.25) is 4.79 Å². The molecule has 1 N–H and O–H groups in total. The summed E-state index contributed by atoms with van der Waals surface area (Å²) in [6.45, 7) is 1.40. The number of aromatic carboxylic acids is 1. The molecule has 3 rings (SSSR count). The normalized spacial score (nSPS) is 24.8. The molecule has 1 aromatic carbocycles. The molecule has 4 nitrogen and oxygen atoms in total. The Hall–Kier alpha value is -1.91. The van der Waals surface area contributed by atoms with Crippen molar-refractivity contribution in [2.24, 2.45) is 11.8 Å². The van der Waals surface area contributed by atoms with Crippen molar-refractivity contribution in [3.63, 3.8) is 0 Å². The molecule has 1 heterocycles. The van der Waals surface area contributed by atoms with Crippen LogP contribution >= 0.6 is 0 Å². The van der Waals surface area contributed by atoms with Crippen LogP contribution in [0.4, 0.5) is 4.39 Å². The highest BCUT2D eigenvalue weighted by Crippen LogP contribution is 2.38. The summed E-state index contributed by atoms with van der Waals surface area (Å²) in [6, 6.07) is 3.46. The number of carboxylic acids is 1. The lowest BCUT2D eigenvalue weighted by Gasteiger charge is -2.17. The Morgan fingerprint density at radius 3 is 2.40 bits per heavy atom. The number of likely N-dealkylation sites (tertiary alicyclic amines) is 1. The number of benzene rings is 1. The minimum Gasteiger partial charge on any atom is -0.478 e. The van der Waals surface area contributed by atoms with Gasteiger partial charge in [0.1, 0.15) is 5.82 Å². The number of carboxylic acid groups (broad SMARTS) is 1. The van der Waals surface area contributed by atoms with Gasteiger partial charge in [-0.25, -0.2) is 9.18 Å². The third kappa shape index (κ3) is 2.17. The van der Waals surface area contributed by atoms with E-state index in [0.717, 1.165) is 18.9 Å². The van der Waals surface area contributed by atoms with Crippen LogP contribution in [0.1, 0.15) is 40.0 Å². The molecule has 106 valence electrons. The maximum Gasteiger partial charge on any atom is 0.335 e. The highest BCUT2D eigenvalue weighted by atomic mass is 19.1. The van der Waals surface area contributed by atoms with Crippen LogP contribution in [0, 0.1) is 17.7 Å². The predicted octanol–water partition coefficient (Wildman–Crippen LogP) is 2.40. The number of carbonyl (C=O) groups is 2. The van der Waals surface area contributed by atoms with Crippen LogP contribution in [0.15, 0.2) is 18.2 Å². The number of amides is 1. The van der Waals surface area contributed by atoms with Crippen LogP contribution in [0.25, 0.3) is 0 Å². The monoisotopic (exact) mass is 277 g/mol. The number of fused-ring (bicyclic) bond motifs is 1. The largest absolute Gasteiger partial charge is 0.478 e. The van der Waals surface area contributed by atoms with Crippen molar-refractivity contribution in [2.75, 3.05) is 13.1 Å². The standard InChI is InChI=1S/C15H16FNO3/c16-13-6-9(15(19)20)4-5-12(13)14(18)17-7-10-2-1-3-11(10)8-17/h4-6,10-11H,1-3,7-8H2,(H,19,20). The Balaban J connectivity index is 1.79. The van der Waals surface area contributed by atoms with Crippen LogP contribution < -0.4 is 0 Å². The summed E-state index contributed by atoms with van der Waals surface area (Å²) >= 11 is 0. The van der Waals surface area contributed by atoms with Crippen molar-refractivity contribution < 1.29 is 19.1 Å². The van der Waals surface area contributed by atoms with E-state index in [4.69, 9.17) is 5.11 Å². The molecule has 0 radical (unpaired) electrons. The predicted molar refractivity (Wildman–Crippen MR) is 70.1 cm³/mol. The molecule has 0 aromatic heterocycles. The van der Waals surface area contributed by atoms with Crippen molar-refractivity contribution in [2.45, 2.75) is 19.3 Å². The number of nitrogens with zero attached hydrogens (tertiary/aromatic N) is 1. The van der Waals surface area contributed by atoms with Gasteiger partial charge in [-0.15, -0.1) is 0 Å². The molecule has 2 fully saturated rings. The zero-order valence-corrected chi connectivity index (χ0v) is 11.0. The lowest BCUT2D eigenvalue weighted by Crippen LogP contribution is -2.30. The van der Waals surface area contributed by atoms with Gasteiger partial charge in [0.15, 0.2) is 0 Å². The summed E-state index contributed by atoms with van der Waals surface area (Å²) in [4.78, 5) is 24.8. The van der Waals surface area contributed by atoms with E-state index in [9.17, 15) is 14.0 Å². The van der Waals surface area contributed by atoms with E-state index in [-0.39, 0.29) is 17.0 Å². The molecule has 2 aliphatic rings. The number of carbonyl (C=O) groups excluding carboxylic acids is 1. The Labute approximate surface area is 116 Å². The van der Waals surface area contributed by atoms with Crippen LogP contribution in [0.2, 0.25) is 0 Å². The minimum atomic E-state index is -1.20. The molecule has 20 heavy (non-hydrogen) atoms. The van der Waals surface area contributed by atoms with Gasteiger partial charge in [0.05, 0.1) is 11.1 Å². The lowest BCUT2D eigenvalue weighted by atomic mass is 10.0. The Bertz CT molecular complexity index is 560. The molecule has 2 atom stereocenters. The fraction of sp³-hybridized carbons (Fsp3) is 0.467. The fourth-order valence-electron chi connectivity index (χ4n) is 3.39. The van der Waals surface area contributed by atoms with Gasteiger partial charge in [-0.1, -0.05) is 6.42 Å². The molecule has 1 aliphatic carbocycles. The van der Waals surface area contributed by atoms with Crippen LogP contribution in [-0.4, -0.2) is 35.0 Å². The third-order valence-electron chi connectivity index (χ3n) is 4.46. The first-order valence-electron chi connectivity index (χ1n) is 6.88. The van der Waals surface area contributed by atoms with Gasteiger partial charge in [0.2, 0.25) is 0 Å². The molecular formula is C15H16FNO3. The summed E-state index contributed by atoms with van der Waals surface area (Å²) in [5.74, 6) is -1.17. The summed E-state index contributed by atoms with van der Waals surface area (Å²) in [6.07, 6.45) is 3.52. The summed E-state index contributed by atoms with van der Waals surface area (Å²) < 4.78 is 13.9.